The molecule has 1 aromatic carbocycles. The third kappa shape index (κ3) is 3.08. The van der Waals surface area contributed by atoms with Gasteiger partial charge in [0.1, 0.15) is 23.7 Å². The number of benzene rings is 1. The maximum Gasteiger partial charge on any atom is 0.146 e. The van der Waals surface area contributed by atoms with E-state index in [1.54, 1.807) is 20.5 Å². The lowest BCUT2D eigenvalue weighted by Gasteiger charge is -2.18. The maximum absolute atomic E-state index is 5.40. The minimum Gasteiger partial charge on any atom is -0.497 e. The molecular formula is C14H20N4O2. The van der Waals surface area contributed by atoms with Crippen LogP contribution in [0.1, 0.15) is 24.4 Å². The minimum atomic E-state index is 0.108. The topological polar surface area (TPSA) is 61.2 Å². The standard InChI is InChI=1S/C14H20N4O2/c1-10(15-8-14-17-16-9-18(14)2)12-7-11(19-3)5-6-13(12)20-4/h5-7,9-10,15H,8H2,1-4H3. The largest absolute Gasteiger partial charge is 0.497 e. The van der Waals surface area contributed by atoms with Gasteiger partial charge in [0.15, 0.2) is 0 Å². The predicted octanol–water partition coefficient (Wildman–Crippen LogP) is 1.68. The number of methoxy groups -OCH3 is 2. The van der Waals surface area contributed by atoms with Gasteiger partial charge in [0.25, 0.3) is 0 Å². The van der Waals surface area contributed by atoms with Crippen molar-refractivity contribution in [3.05, 3.63) is 35.9 Å². The number of aryl methyl sites for hydroxylation is 1. The van der Waals surface area contributed by atoms with E-state index in [0.29, 0.717) is 6.54 Å². The lowest BCUT2D eigenvalue weighted by molar-refractivity contribution is 0.391. The molecule has 1 N–H and O–H groups in total. The average Bonchev–Trinajstić information content (AvgIpc) is 2.89. The zero-order valence-electron chi connectivity index (χ0n) is 12.3. The molecule has 1 heterocycles. The van der Waals surface area contributed by atoms with Gasteiger partial charge in [-0.1, -0.05) is 0 Å². The molecule has 1 atom stereocenters. The Bertz CT molecular complexity index is 568. The summed E-state index contributed by atoms with van der Waals surface area (Å²) >= 11 is 0. The molecule has 0 saturated carbocycles. The molecule has 0 bridgehead atoms. The van der Waals surface area contributed by atoms with Crippen LogP contribution in [-0.4, -0.2) is 29.0 Å². The molecule has 1 unspecified atom stereocenters. The summed E-state index contributed by atoms with van der Waals surface area (Å²) in [5.74, 6) is 2.54. The van der Waals surface area contributed by atoms with Gasteiger partial charge in [0.2, 0.25) is 0 Å². The van der Waals surface area contributed by atoms with Crippen LogP contribution in [-0.2, 0) is 13.6 Å². The fourth-order valence-corrected chi connectivity index (χ4v) is 2.00. The Kier molecular flexibility index (Phi) is 4.57. The molecule has 2 aromatic rings. The molecule has 0 aliphatic heterocycles. The Morgan fingerprint density at radius 3 is 2.70 bits per heavy atom. The van der Waals surface area contributed by atoms with E-state index >= 15 is 0 Å². The van der Waals surface area contributed by atoms with Crippen LogP contribution in [0.5, 0.6) is 11.5 Å². The van der Waals surface area contributed by atoms with Crippen molar-refractivity contribution in [3.63, 3.8) is 0 Å². The summed E-state index contributed by atoms with van der Waals surface area (Å²) in [7, 11) is 5.25. The molecule has 0 radical (unpaired) electrons. The highest BCUT2D eigenvalue weighted by Crippen LogP contribution is 2.29. The number of hydrogen-bond acceptors (Lipinski definition) is 5. The van der Waals surface area contributed by atoms with Gasteiger partial charge in [0, 0.05) is 18.7 Å². The van der Waals surface area contributed by atoms with Crippen LogP contribution in [0.3, 0.4) is 0 Å². The molecule has 0 fully saturated rings. The van der Waals surface area contributed by atoms with Crippen molar-refractivity contribution >= 4 is 0 Å². The van der Waals surface area contributed by atoms with Crippen molar-refractivity contribution in [2.24, 2.45) is 7.05 Å². The van der Waals surface area contributed by atoms with Gasteiger partial charge in [-0.15, -0.1) is 10.2 Å². The molecule has 20 heavy (non-hydrogen) atoms. The van der Waals surface area contributed by atoms with Crippen LogP contribution in [0, 0.1) is 0 Å². The van der Waals surface area contributed by atoms with Crippen molar-refractivity contribution in [2.45, 2.75) is 19.5 Å². The summed E-state index contributed by atoms with van der Waals surface area (Å²) in [5.41, 5.74) is 1.05. The van der Waals surface area contributed by atoms with Crippen LogP contribution in [0.4, 0.5) is 0 Å². The Morgan fingerprint density at radius 1 is 1.30 bits per heavy atom. The smallest absolute Gasteiger partial charge is 0.146 e. The zero-order chi connectivity index (χ0) is 14.5. The van der Waals surface area contributed by atoms with Crippen molar-refractivity contribution < 1.29 is 9.47 Å². The lowest BCUT2D eigenvalue weighted by atomic mass is 10.1. The van der Waals surface area contributed by atoms with Crippen LogP contribution in [0.15, 0.2) is 24.5 Å². The van der Waals surface area contributed by atoms with E-state index in [4.69, 9.17) is 9.47 Å². The molecule has 6 nitrogen and oxygen atoms in total. The number of hydrogen-bond donors (Lipinski definition) is 1. The first-order valence-electron chi connectivity index (χ1n) is 6.44. The molecule has 0 saturated heterocycles. The second kappa shape index (κ2) is 6.38. The van der Waals surface area contributed by atoms with E-state index in [-0.39, 0.29) is 6.04 Å². The summed E-state index contributed by atoms with van der Waals surface area (Å²) in [6.45, 7) is 2.71. The first-order chi connectivity index (χ1) is 9.65. The zero-order valence-corrected chi connectivity index (χ0v) is 12.3. The van der Waals surface area contributed by atoms with Crippen molar-refractivity contribution in [3.8, 4) is 11.5 Å². The van der Waals surface area contributed by atoms with E-state index < -0.39 is 0 Å². The van der Waals surface area contributed by atoms with Crippen molar-refractivity contribution in [1.82, 2.24) is 20.1 Å². The number of nitrogens with zero attached hydrogens (tertiary/aromatic N) is 3. The van der Waals surface area contributed by atoms with Crippen molar-refractivity contribution in [2.75, 3.05) is 14.2 Å². The first-order valence-corrected chi connectivity index (χ1v) is 6.44. The fraction of sp³-hybridized carbons (Fsp3) is 0.429. The molecule has 0 aliphatic rings. The SMILES string of the molecule is COc1ccc(OC)c(C(C)NCc2nncn2C)c1. The van der Waals surface area contributed by atoms with Gasteiger partial charge >= 0.3 is 0 Å². The average molecular weight is 276 g/mol. The van der Waals surface area contributed by atoms with Crippen LogP contribution in [0.25, 0.3) is 0 Å². The van der Waals surface area contributed by atoms with E-state index in [1.165, 1.54) is 0 Å². The number of aromatic nitrogens is 3. The third-order valence-corrected chi connectivity index (χ3v) is 3.27. The number of nitrogens with one attached hydrogen (secondary N) is 1. The van der Waals surface area contributed by atoms with Gasteiger partial charge in [-0.25, -0.2) is 0 Å². The van der Waals surface area contributed by atoms with Gasteiger partial charge in [-0.3, -0.25) is 0 Å². The Labute approximate surface area is 118 Å². The number of ether oxygens (including phenoxy) is 2. The molecule has 2 rings (SSSR count). The van der Waals surface area contributed by atoms with E-state index in [9.17, 15) is 0 Å². The second-order valence-electron chi connectivity index (χ2n) is 4.57. The Morgan fingerprint density at radius 2 is 2.10 bits per heavy atom. The maximum atomic E-state index is 5.40. The van der Waals surface area contributed by atoms with Gasteiger partial charge in [-0.2, -0.15) is 0 Å². The quantitative estimate of drug-likeness (QED) is 0.870. The highest BCUT2D eigenvalue weighted by Gasteiger charge is 2.13. The van der Waals surface area contributed by atoms with Gasteiger partial charge in [0.05, 0.1) is 20.8 Å². The van der Waals surface area contributed by atoms with E-state index in [1.807, 2.05) is 29.8 Å². The summed E-state index contributed by atoms with van der Waals surface area (Å²) < 4.78 is 12.6. The van der Waals surface area contributed by atoms with Gasteiger partial charge in [-0.05, 0) is 25.1 Å². The van der Waals surface area contributed by atoms with Crippen LogP contribution in [0.2, 0.25) is 0 Å². The lowest BCUT2D eigenvalue weighted by Crippen LogP contribution is -2.20. The Balaban J connectivity index is 2.11. The minimum absolute atomic E-state index is 0.108. The van der Waals surface area contributed by atoms with Crippen LogP contribution >= 0.6 is 0 Å². The normalized spacial score (nSPS) is 12.2. The molecule has 6 heteroatoms. The summed E-state index contributed by atoms with van der Waals surface area (Å²) in [5, 5.41) is 11.3. The third-order valence-electron chi connectivity index (χ3n) is 3.27. The first kappa shape index (κ1) is 14.3. The van der Waals surface area contributed by atoms with E-state index in [2.05, 4.69) is 22.4 Å². The summed E-state index contributed by atoms with van der Waals surface area (Å²) in [6.07, 6.45) is 1.69. The molecule has 0 amide bonds. The summed E-state index contributed by atoms with van der Waals surface area (Å²) in [6, 6.07) is 5.89. The van der Waals surface area contributed by atoms with Gasteiger partial charge < -0.3 is 19.4 Å². The second-order valence-corrected chi connectivity index (χ2v) is 4.57. The summed E-state index contributed by atoms with van der Waals surface area (Å²) in [4.78, 5) is 0. The van der Waals surface area contributed by atoms with Crippen LogP contribution < -0.4 is 14.8 Å². The highest BCUT2D eigenvalue weighted by molar-refractivity contribution is 5.42. The predicted molar refractivity (Wildman–Crippen MR) is 75.8 cm³/mol. The number of rotatable bonds is 6. The molecule has 1 aromatic heterocycles. The molecule has 108 valence electrons. The van der Waals surface area contributed by atoms with E-state index in [0.717, 1.165) is 22.9 Å². The monoisotopic (exact) mass is 276 g/mol. The highest BCUT2D eigenvalue weighted by atomic mass is 16.5. The fourth-order valence-electron chi connectivity index (χ4n) is 2.00. The molecule has 0 aliphatic carbocycles. The Hall–Kier alpha value is -2.08. The van der Waals surface area contributed by atoms with Crippen molar-refractivity contribution in [1.29, 1.82) is 0 Å². The molecular weight excluding hydrogens is 256 g/mol. The molecule has 0 spiro atoms.